The number of thiophene rings is 1. The summed E-state index contributed by atoms with van der Waals surface area (Å²) in [5, 5.41) is 11.0. The second kappa shape index (κ2) is 10.5. The van der Waals surface area contributed by atoms with E-state index in [1.54, 1.807) is 23.5 Å². The third kappa shape index (κ3) is 5.19. The minimum atomic E-state index is 0.288. The largest absolute Gasteiger partial charge is 0.508 e. The zero-order valence-electron chi connectivity index (χ0n) is 19.5. The number of ether oxygens (including phenoxy) is 1. The number of fused-ring (bicyclic) bond motifs is 1. The summed E-state index contributed by atoms with van der Waals surface area (Å²) >= 11 is 1.80. The number of rotatable bonds is 8. The van der Waals surface area contributed by atoms with Crippen molar-refractivity contribution in [2.24, 2.45) is 0 Å². The summed E-state index contributed by atoms with van der Waals surface area (Å²) in [7, 11) is 0. The van der Waals surface area contributed by atoms with Crippen LogP contribution >= 0.6 is 11.3 Å². The first kappa shape index (κ1) is 22.7. The van der Waals surface area contributed by atoms with Gasteiger partial charge >= 0.3 is 0 Å². The van der Waals surface area contributed by atoms with Crippen LogP contribution < -0.4 is 4.74 Å². The minimum absolute atomic E-state index is 0.288. The Kier molecular flexibility index (Phi) is 6.98. The van der Waals surface area contributed by atoms with Crippen LogP contribution in [0.2, 0.25) is 0 Å². The summed E-state index contributed by atoms with van der Waals surface area (Å²) < 4.78 is 7.28. The zero-order valence-corrected chi connectivity index (χ0v) is 20.3. The lowest BCUT2D eigenvalue weighted by atomic mass is 9.98. The Labute approximate surface area is 205 Å². The van der Waals surface area contributed by atoms with E-state index in [1.807, 2.05) is 18.2 Å². The molecule has 1 aliphatic heterocycles. The highest BCUT2D eigenvalue weighted by Crippen LogP contribution is 2.41. The number of nitrogens with zero attached hydrogens (tertiary/aromatic N) is 1. The molecule has 0 radical (unpaired) electrons. The molecule has 0 spiro atoms. The number of aromatic hydroxyl groups is 1. The molecule has 4 aromatic rings. The number of hydrogen-bond acceptors (Lipinski definition) is 4. The van der Waals surface area contributed by atoms with Gasteiger partial charge in [-0.05, 0) is 102 Å². The third-order valence-corrected chi connectivity index (χ3v) is 7.86. The molecule has 3 nitrogen and oxygen atoms in total. The second-order valence-corrected chi connectivity index (χ2v) is 10.0. The van der Waals surface area contributed by atoms with Crippen molar-refractivity contribution in [3.8, 4) is 21.9 Å². The van der Waals surface area contributed by atoms with Crippen molar-refractivity contribution in [1.82, 2.24) is 4.90 Å². The topological polar surface area (TPSA) is 32.7 Å². The number of likely N-dealkylation sites (tertiary alicyclic amines) is 1. The van der Waals surface area contributed by atoms with E-state index in [4.69, 9.17) is 4.74 Å². The maximum atomic E-state index is 9.76. The fourth-order valence-corrected chi connectivity index (χ4v) is 5.97. The van der Waals surface area contributed by atoms with Crippen LogP contribution in [0.25, 0.3) is 26.6 Å². The smallest absolute Gasteiger partial charge is 0.119 e. The standard InChI is InChI=1S/C30H31NO2S/c1-2-22-8-15-27-28(30(34-29(27)21-22)24-9-11-25(32)12-10-24)20-23-6-13-26(14-7-23)33-19-18-31-16-4-3-5-17-31/h2,6-15,21,32H,1,3-5,16-20H2. The Morgan fingerprint density at radius 3 is 2.44 bits per heavy atom. The van der Waals surface area contributed by atoms with Crippen molar-refractivity contribution < 1.29 is 9.84 Å². The molecule has 0 saturated carbocycles. The number of hydrogen-bond donors (Lipinski definition) is 1. The van der Waals surface area contributed by atoms with Crippen molar-refractivity contribution in [3.05, 3.63) is 90.0 Å². The maximum Gasteiger partial charge on any atom is 0.119 e. The van der Waals surface area contributed by atoms with Crippen LogP contribution in [-0.4, -0.2) is 36.2 Å². The highest BCUT2D eigenvalue weighted by atomic mass is 32.1. The van der Waals surface area contributed by atoms with E-state index in [2.05, 4.69) is 53.9 Å². The molecule has 0 bridgehead atoms. The van der Waals surface area contributed by atoms with Crippen LogP contribution in [0.1, 0.15) is 36.0 Å². The summed E-state index contributed by atoms with van der Waals surface area (Å²) in [5.74, 6) is 1.22. The summed E-state index contributed by atoms with van der Waals surface area (Å²) in [6.07, 6.45) is 6.73. The van der Waals surface area contributed by atoms with Gasteiger partial charge in [0.1, 0.15) is 18.1 Å². The molecular formula is C30H31NO2S. The fourth-order valence-electron chi connectivity index (χ4n) is 4.70. The lowest BCUT2D eigenvalue weighted by Gasteiger charge is -2.26. The van der Waals surface area contributed by atoms with Crippen molar-refractivity contribution in [2.45, 2.75) is 25.7 Å². The first-order chi connectivity index (χ1) is 16.7. The molecule has 34 heavy (non-hydrogen) atoms. The molecule has 174 valence electrons. The van der Waals surface area contributed by atoms with E-state index in [-0.39, 0.29) is 5.75 Å². The van der Waals surface area contributed by atoms with Gasteiger partial charge in [-0.3, -0.25) is 4.90 Å². The van der Waals surface area contributed by atoms with Crippen LogP contribution in [0.15, 0.2) is 73.3 Å². The minimum Gasteiger partial charge on any atom is -0.508 e. The van der Waals surface area contributed by atoms with E-state index in [9.17, 15) is 5.11 Å². The molecule has 1 fully saturated rings. The van der Waals surface area contributed by atoms with Crippen LogP contribution in [-0.2, 0) is 6.42 Å². The van der Waals surface area contributed by atoms with Gasteiger partial charge in [0.2, 0.25) is 0 Å². The average molecular weight is 470 g/mol. The molecule has 0 amide bonds. The Morgan fingerprint density at radius 2 is 1.71 bits per heavy atom. The van der Waals surface area contributed by atoms with Crippen LogP contribution in [0.5, 0.6) is 11.5 Å². The van der Waals surface area contributed by atoms with Crippen LogP contribution in [0, 0.1) is 0 Å². The summed E-state index contributed by atoms with van der Waals surface area (Å²) in [4.78, 5) is 3.75. The Morgan fingerprint density at radius 1 is 0.941 bits per heavy atom. The van der Waals surface area contributed by atoms with Crippen molar-refractivity contribution in [2.75, 3.05) is 26.2 Å². The van der Waals surface area contributed by atoms with Gasteiger partial charge in [0.15, 0.2) is 0 Å². The predicted molar refractivity (Wildman–Crippen MR) is 144 cm³/mol. The van der Waals surface area contributed by atoms with Gasteiger partial charge < -0.3 is 9.84 Å². The van der Waals surface area contributed by atoms with Gasteiger partial charge in [-0.1, -0.05) is 43.3 Å². The van der Waals surface area contributed by atoms with Crippen LogP contribution in [0.3, 0.4) is 0 Å². The second-order valence-electron chi connectivity index (χ2n) is 8.99. The van der Waals surface area contributed by atoms with Gasteiger partial charge in [0, 0.05) is 16.1 Å². The average Bonchev–Trinajstić information content (AvgIpc) is 3.23. The van der Waals surface area contributed by atoms with E-state index in [0.29, 0.717) is 0 Å². The fraction of sp³-hybridized carbons (Fsp3) is 0.267. The maximum absolute atomic E-state index is 9.76. The number of phenols is 1. The van der Waals surface area contributed by atoms with Gasteiger partial charge in [-0.15, -0.1) is 11.3 Å². The molecule has 1 aromatic heterocycles. The van der Waals surface area contributed by atoms with E-state index in [0.717, 1.165) is 36.4 Å². The highest BCUT2D eigenvalue weighted by Gasteiger charge is 2.15. The molecule has 0 unspecified atom stereocenters. The lowest BCUT2D eigenvalue weighted by molar-refractivity contribution is 0.183. The van der Waals surface area contributed by atoms with Crippen LogP contribution in [0.4, 0.5) is 0 Å². The van der Waals surface area contributed by atoms with E-state index < -0.39 is 0 Å². The quantitative estimate of drug-likeness (QED) is 0.292. The van der Waals surface area contributed by atoms with Crippen molar-refractivity contribution in [1.29, 1.82) is 0 Å². The predicted octanol–water partition coefficient (Wildman–Crippen LogP) is 7.37. The normalized spacial score (nSPS) is 14.4. The first-order valence-electron chi connectivity index (χ1n) is 12.1. The summed E-state index contributed by atoms with van der Waals surface area (Å²) in [6, 6.07) is 22.6. The summed E-state index contributed by atoms with van der Waals surface area (Å²) in [6.45, 7) is 8.07. The van der Waals surface area contributed by atoms with Crippen molar-refractivity contribution in [3.63, 3.8) is 0 Å². The molecule has 1 aliphatic rings. The molecular weight excluding hydrogens is 438 g/mol. The molecule has 5 rings (SSSR count). The molecule has 0 aliphatic carbocycles. The number of piperidine rings is 1. The number of phenolic OH excluding ortho intramolecular Hbond substituents is 1. The SMILES string of the molecule is C=Cc1ccc2c(Cc3ccc(OCCN4CCCCC4)cc3)c(-c3ccc(O)cc3)sc2c1. The molecule has 1 N–H and O–H groups in total. The Hall–Kier alpha value is -3.08. The molecule has 2 heterocycles. The molecule has 0 atom stereocenters. The highest BCUT2D eigenvalue weighted by molar-refractivity contribution is 7.22. The Balaban J connectivity index is 1.35. The molecule has 1 saturated heterocycles. The van der Waals surface area contributed by atoms with Gasteiger partial charge in [0.25, 0.3) is 0 Å². The van der Waals surface area contributed by atoms with Gasteiger partial charge in [-0.2, -0.15) is 0 Å². The zero-order chi connectivity index (χ0) is 23.3. The molecule has 4 heteroatoms. The monoisotopic (exact) mass is 469 g/mol. The number of benzene rings is 3. The first-order valence-corrected chi connectivity index (χ1v) is 12.9. The Bertz CT molecular complexity index is 1250. The van der Waals surface area contributed by atoms with Gasteiger partial charge in [-0.25, -0.2) is 0 Å². The lowest BCUT2D eigenvalue weighted by Crippen LogP contribution is -2.33. The summed E-state index contributed by atoms with van der Waals surface area (Å²) in [5.41, 5.74) is 4.84. The van der Waals surface area contributed by atoms with Crippen molar-refractivity contribution >= 4 is 27.5 Å². The van der Waals surface area contributed by atoms with E-state index >= 15 is 0 Å². The van der Waals surface area contributed by atoms with Gasteiger partial charge in [0.05, 0.1) is 0 Å². The third-order valence-electron chi connectivity index (χ3n) is 6.61. The molecule has 3 aromatic carbocycles. The van der Waals surface area contributed by atoms with E-state index in [1.165, 1.54) is 58.4 Å².